The molecule has 4 nitrogen and oxygen atoms in total. The second kappa shape index (κ2) is 5.55. The molecule has 0 radical (unpaired) electrons. The quantitative estimate of drug-likeness (QED) is 0.886. The molecule has 1 unspecified atom stereocenters. The van der Waals surface area contributed by atoms with Crippen LogP contribution < -0.4 is 5.32 Å². The number of hydrogen-bond acceptors (Lipinski definition) is 2. The van der Waals surface area contributed by atoms with E-state index >= 15 is 0 Å². The van der Waals surface area contributed by atoms with Crippen LogP contribution in [-0.4, -0.2) is 16.8 Å². The summed E-state index contributed by atoms with van der Waals surface area (Å²) in [6, 6.07) is 10.3. The van der Waals surface area contributed by atoms with Gasteiger partial charge in [0.15, 0.2) is 0 Å². The van der Waals surface area contributed by atoms with Gasteiger partial charge in [-0.3, -0.25) is 10.1 Å². The van der Waals surface area contributed by atoms with Crippen LogP contribution in [0.5, 0.6) is 0 Å². The first kappa shape index (κ1) is 14.2. The Morgan fingerprint density at radius 3 is 2.23 bits per heavy atom. The number of nitrogens with one attached hydrogen (secondary N) is 1. The van der Waals surface area contributed by atoms with Gasteiger partial charge in [-0.1, -0.05) is 36.4 Å². The molecule has 2 aromatic carbocycles. The van der Waals surface area contributed by atoms with Crippen LogP contribution >= 0.6 is 0 Å². The molecule has 1 fully saturated rings. The summed E-state index contributed by atoms with van der Waals surface area (Å²) < 4.78 is 27.9. The van der Waals surface area contributed by atoms with Crippen molar-refractivity contribution in [1.82, 2.24) is 10.2 Å². The third kappa shape index (κ3) is 2.43. The Kier molecular flexibility index (Phi) is 3.58. The van der Waals surface area contributed by atoms with Gasteiger partial charge in [-0.25, -0.2) is 13.6 Å². The van der Waals surface area contributed by atoms with Crippen LogP contribution in [0.2, 0.25) is 0 Å². The zero-order valence-corrected chi connectivity index (χ0v) is 11.4. The molecule has 1 atom stereocenters. The smallest absolute Gasteiger partial charge is 0.304 e. The Labute approximate surface area is 125 Å². The molecule has 1 N–H and O–H groups in total. The van der Waals surface area contributed by atoms with E-state index in [4.69, 9.17) is 0 Å². The van der Waals surface area contributed by atoms with Gasteiger partial charge in [0.25, 0.3) is 5.91 Å². The van der Waals surface area contributed by atoms with Crippen molar-refractivity contribution in [2.45, 2.75) is 12.6 Å². The van der Waals surface area contributed by atoms with Crippen molar-refractivity contribution in [3.63, 3.8) is 0 Å². The maximum atomic E-state index is 14.0. The van der Waals surface area contributed by atoms with E-state index in [1.165, 1.54) is 6.07 Å². The molecule has 0 spiro atoms. The topological polar surface area (TPSA) is 49.4 Å². The van der Waals surface area contributed by atoms with E-state index in [1.807, 2.05) is 6.07 Å². The summed E-state index contributed by atoms with van der Waals surface area (Å²) in [5, 5.41) is 2.10. The van der Waals surface area contributed by atoms with Gasteiger partial charge in [0, 0.05) is 6.54 Å². The fourth-order valence-electron chi connectivity index (χ4n) is 2.51. The zero-order chi connectivity index (χ0) is 15.7. The van der Waals surface area contributed by atoms with Crippen molar-refractivity contribution in [2.75, 3.05) is 0 Å². The van der Waals surface area contributed by atoms with Crippen LogP contribution in [-0.2, 0) is 11.3 Å². The SMILES string of the molecule is O=C1NC(=O)N(Cc2ccccc2)C1c1c(F)cccc1F. The van der Waals surface area contributed by atoms with E-state index in [0.29, 0.717) is 0 Å². The maximum absolute atomic E-state index is 14.0. The highest BCUT2D eigenvalue weighted by atomic mass is 19.1. The lowest BCUT2D eigenvalue weighted by Gasteiger charge is -2.22. The minimum atomic E-state index is -1.31. The predicted molar refractivity (Wildman–Crippen MR) is 74.6 cm³/mol. The lowest BCUT2D eigenvalue weighted by Crippen LogP contribution is -2.30. The van der Waals surface area contributed by atoms with Crippen LogP contribution in [0, 0.1) is 11.6 Å². The van der Waals surface area contributed by atoms with Crippen LogP contribution in [0.3, 0.4) is 0 Å². The van der Waals surface area contributed by atoms with Gasteiger partial charge < -0.3 is 4.90 Å². The molecule has 1 saturated heterocycles. The molecule has 22 heavy (non-hydrogen) atoms. The first-order valence-electron chi connectivity index (χ1n) is 6.67. The van der Waals surface area contributed by atoms with Gasteiger partial charge in [-0.05, 0) is 17.7 Å². The molecule has 0 aromatic heterocycles. The maximum Gasteiger partial charge on any atom is 0.325 e. The van der Waals surface area contributed by atoms with Crippen molar-refractivity contribution < 1.29 is 18.4 Å². The number of carbonyl (C=O) groups is 2. The molecule has 3 rings (SSSR count). The lowest BCUT2D eigenvalue weighted by atomic mass is 10.0. The standard InChI is InChI=1S/C16H12F2N2O2/c17-11-7-4-8-12(18)13(11)14-15(21)19-16(22)20(14)9-10-5-2-1-3-6-10/h1-8,14H,9H2,(H,19,21,22). The van der Waals surface area contributed by atoms with Crippen LogP contribution in [0.15, 0.2) is 48.5 Å². The van der Waals surface area contributed by atoms with Crippen molar-refractivity contribution >= 4 is 11.9 Å². The van der Waals surface area contributed by atoms with Gasteiger partial charge in [0.05, 0.1) is 5.56 Å². The van der Waals surface area contributed by atoms with Crippen LogP contribution in [0.1, 0.15) is 17.2 Å². The van der Waals surface area contributed by atoms with Gasteiger partial charge in [0.2, 0.25) is 0 Å². The lowest BCUT2D eigenvalue weighted by molar-refractivity contribution is -0.121. The van der Waals surface area contributed by atoms with Crippen molar-refractivity contribution in [2.24, 2.45) is 0 Å². The van der Waals surface area contributed by atoms with Crippen molar-refractivity contribution in [3.05, 3.63) is 71.3 Å². The average Bonchev–Trinajstić information content (AvgIpc) is 2.75. The first-order valence-corrected chi connectivity index (χ1v) is 6.67. The molecular formula is C16H12F2N2O2. The second-order valence-electron chi connectivity index (χ2n) is 4.95. The summed E-state index contributed by atoms with van der Waals surface area (Å²) in [6.07, 6.45) is 0. The van der Waals surface area contributed by atoms with Gasteiger partial charge in [-0.2, -0.15) is 0 Å². The van der Waals surface area contributed by atoms with E-state index in [9.17, 15) is 18.4 Å². The molecule has 1 heterocycles. The molecule has 6 heteroatoms. The van der Waals surface area contributed by atoms with E-state index in [0.717, 1.165) is 22.6 Å². The van der Waals surface area contributed by atoms with Crippen LogP contribution in [0.4, 0.5) is 13.6 Å². The minimum Gasteiger partial charge on any atom is -0.304 e. The number of imide groups is 1. The highest BCUT2D eigenvalue weighted by Gasteiger charge is 2.42. The largest absolute Gasteiger partial charge is 0.325 e. The van der Waals surface area contributed by atoms with Crippen LogP contribution in [0.25, 0.3) is 0 Å². The second-order valence-corrected chi connectivity index (χ2v) is 4.95. The number of amides is 3. The molecule has 0 bridgehead atoms. The Morgan fingerprint density at radius 1 is 0.955 bits per heavy atom. The summed E-state index contributed by atoms with van der Waals surface area (Å²) >= 11 is 0. The number of carbonyl (C=O) groups excluding carboxylic acids is 2. The third-order valence-electron chi connectivity index (χ3n) is 3.52. The average molecular weight is 302 g/mol. The van der Waals surface area contributed by atoms with E-state index in [1.54, 1.807) is 24.3 Å². The third-order valence-corrected chi connectivity index (χ3v) is 3.52. The first-order chi connectivity index (χ1) is 10.6. The summed E-state index contributed by atoms with van der Waals surface area (Å²) in [5.41, 5.74) is 0.343. The molecule has 0 saturated carbocycles. The Morgan fingerprint density at radius 2 is 1.59 bits per heavy atom. The number of halogens is 2. The number of nitrogens with zero attached hydrogens (tertiary/aromatic N) is 1. The number of urea groups is 1. The fourth-order valence-corrected chi connectivity index (χ4v) is 2.51. The Bertz CT molecular complexity index is 714. The highest BCUT2D eigenvalue weighted by molar-refractivity contribution is 6.04. The molecule has 1 aliphatic heterocycles. The number of benzene rings is 2. The monoisotopic (exact) mass is 302 g/mol. The van der Waals surface area contributed by atoms with E-state index < -0.39 is 35.2 Å². The predicted octanol–water partition coefficient (Wildman–Crippen LogP) is 2.76. The van der Waals surface area contributed by atoms with Gasteiger partial charge in [0.1, 0.15) is 17.7 Å². The summed E-state index contributed by atoms with van der Waals surface area (Å²) in [4.78, 5) is 25.1. The number of rotatable bonds is 3. The normalized spacial score (nSPS) is 17.7. The molecule has 0 aliphatic carbocycles. The van der Waals surface area contributed by atoms with E-state index in [2.05, 4.69) is 5.32 Å². The molecule has 1 aliphatic rings. The highest BCUT2D eigenvalue weighted by Crippen LogP contribution is 2.31. The van der Waals surface area contributed by atoms with Gasteiger partial charge in [-0.15, -0.1) is 0 Å². The minimum absolute atomic E-state index is 0.0802. The van der Waals surface area contributed by atoms with Gasteiger partial charge >= 0.3 is 6.03 Å². The molecule has 112 valence electrons. The van der Waals surface area contributed by atoms with Crippen molar-refractivity contribution in [1.29, 1.82) is 0 Å². The molecule has 3 amide bonds. The number of hydrogen-bond donors (Lipinski definition) is 1. The molecular weight excluding hydrogens is 290 g/mol. The van der Waals surface area contributed by atoms with Crippen molar-refractivity contribution in [3.8, 4) is 0 Å². The summed E-state index contributed by atoms with van der Waals surface area (Å²) in [7, 11) is 0. The zero-order valence-electron chi connectivity index (χ0n) is 11.4. The summed E-state index contributed by atoms with van der Waals surface area (Å²) in [5.74, 6) is -2.44. The van der Waals surface area contributed by atoms with E-state index in [-0.39, 0.29) is 6.54 Å². The molecule has 2 aromatic rings. The summed E-state index contributed by atoms with van der Waals surface area (Å²) in [6.45, 7) is 0.0802. The Balaban J connectivity index is 2.00. The fraction of sp³-hybridized carbons (Fsp3) is 0.125. The Hall–Kier alpha value is -2.76.